The van der Waals surface area contributed by atoms with Gasteiger partial charge in [-0.3, -0.25) is 4.79 Å². The lowest BCUT2D eigenvalue weighted by molar-refractivity contribution is -0.121. The van der Waals surface area contributed by atoms with Gasteiger partial charge in [-0.25, -0.2) is 9.59 Å². The van der Waals surface area contributed by atoms with E-state index >= 15 is 0 Å². The molecule has 0 bridgehead atoms. The SMILES string of the molecule is CC(C)(C)OC(=O)NCCC(=O)NC1CCN(C(=O)OCCCl)CC1. The number of carbonyl (C=O) groups is 3. The van der Waals surface area contributed by atoms with Gasteiger partial charge in [-0.2, -0.15) is 0 Å². The molecule has 0 aromatic heterocycles. The summed E-state index contributed by atoms with van der Waals surface area (Å²) in [7, 11) is 0. The molecule has 1 fully saturated rings. The van der Waals surface area contributed by atoms with Crippen molar-refractivity contribution in [3.63, 3.8) is 0 Å². The predicted octanol–water partition coefficient (Wildman–Crippen LogP) is 1.86. The van der Waals surface area contributed by atoms with E-state index in [1.807, 2.05) is 0 Å². The number of hydrogen-bond donors (Lipinski definition) is 2. The molecule has 3 amide bonds. The number of ether oxygens (including phenoxy) is 2. The molecule has 0 aromatic rings. The van der Waals surface area contributed by atoms with Crippen molar-refractivity contribution in [1.29, 1.82) is 0 Å². The fraction of sp³-hybridized carbons (Fsp3) is 0.812. The van der Waals surface area contributed by atoms with Gasteiger partial charge in [0, 0.05) is 32.1 Å². The Morgan fingerprint density at radius 3 is 2.40 bits per heavy atom. The van der Waals surface area contributed by atoms with Crippen LogP contribution in [0.15, 0.2) is 0 Å². The maximum atomic E-state index is 11.9. The maximum absolute atomic E-state index is 11.9. The summed E-state index contributed by atoms with van der Waals surface area (Å²) in [5.74, 6) is 0.134. The molecule has 0 aromatic carbocycles. The lowest BCUT2D eigenvalue weighted by atomic mass is 10.1. The molecule has 1 saturated heterocycles. The molecule has 0 atom stereocenters. The second kappa shape index (κ2) is 10.3. The standard InChI is InChI=1S/C16H28ClN3O5/c1-16(2,3)25-14(22)18-8-4-13(21)19-12-5-9-20(10-6-12)15(23)24-11-7-17/h12H,4-11H2,1-3H3,(H,18,22)(H,19,21). The Balaban J connectivity index is 2.18. The third kappa shape index (κ3) is 9.38. The number of piperidine rings is 1. The van der Waals surface area contributed by atoms with Crippen LogP contribution in [0.3, 0.4) is 0 Å². The first-order chi connectivity index (χ1) is 11.7. The Morgan fingerprint density at radius 1 is 1.20 bits per heavy atom. The van der Waals surface area contributed by atoms with Crippen molar-refractivity contribution in [1.82, 2.24) is 15.5 Å². The van der Waals surface area contributed by atoms with Crippen molar-refractivity contribution in [2.45, 2.75) is 51.7 Å². The van der Waals surface area contributed by atoms with Crippen LogP contribution in [0.4, 0.5) is 9.59 Å². The molecule has 1 rings (SSSR count). The topological polar surface area (TPSA) is 97.0 Å². The van der Waals surface area contributed by atoms with E-state index in [0.717, 1.165) is 0 Å². The Morgan fingerprint density at radius 2 is 1.84 bits per heavy atom. The van der Waals surface area contributed by atoms with Gasteiger partial charge in [0.05, 0.1) is 5.88 Å². The summed E-state index contributed by atoms with van der Waals surface area (Å²) in [6.07, 6.45) is 0.607. The minimum atomic E-state index is -0.564. The van der Waals surface area contributed by atoms with Crippen molar-refractivity contribution < 1.29 is 23.9 Å². The highest BCUT2D eigenvalue weighted by molar-refractivity contribution is 6.18. The summed E-state index contributed by atoms with van der Waals surface area (Å²) in [5.41, 5.74) is -0.564. The number of nitrogens with one attached hydrogen (secondary N) is 2. The van der Waals surface area contributed by atoms with Crippen molar-refractivity contribution >= 4 is 29.7 Å². The summed E-state index contributed by atoms with van der Waals surface area (Å²) in [6.45, 7) is 6.79. The highest BCUT2D eigenvalue weighted by atomic mass is 35.5. The molecule has 9 heteroatoms. The van der Waals surface area contributed by atoms with Gasteiger partial charge in [0.1, 0.15) is 12.2 Å². The third-order valence-corrected chi connectivity index (χ3v) is 3.60. The molecule has 0 unspecified atom stereocenters. The predicted molar refractivity (Wildman–Crippen MR) is 93.7 cm³/mol. The monoisotopic (exact) mass is 377 g/mol. The molecule has 1 aliphatic rings. The smallest absolute Gasteiger partial charge is 0.409 e. The van der Waals surface area contributed by atoms with E-state index in [2.05, 4.69) is 10.6 Å². The van der Waals surface area contributed by atoms with Crippen LogP contribution in [0.2, 0.25) is 0 Å². The number of hydrogen-bond acceptors (Lipinski definition) is 5. The molecule has 144 valence electrons. The molecule has 1 heterocycles. The van der Waals surface area contributed by atoms with E-state index < -0.39 is 11.7 Å². The van der Waals surface area contributed by atoms with Crippen LogP contribution in [-0.2, 0) is 14.3 Å². The van der Waals surface area contributed by atoms with Crippen LogP contribution >= 0.6 is 11.6 Å². The van der Waals surface area contributed by atoms with E-state index in [1.54, 1.807) is 25.7 Å². The average Bonchev–Trinajstić information content (AvgIpc) is 2.51. The number of alkyl carbamates (subject to hydrolysis) is 1. The lowest BCUT2D eigenvalue weighted by Crippen LogP contribution is -2.47. The van der Waals surface area contributed by atoms with Gasteiger partial charge in [0.25, 0.3) is 0 Å². The van der Waals surface area contributed by atoms with E-state index in [9.17, 15) is 14.4 Å². The summed E-state index contributed by atoms with van der Waals surface area (Å²) >= 11 is 5.48. The Bertz CT molecular complexity index is 459. The second-order valence-corrected chi connectivity index (χ2v) is 7.19. The molecule has 0 saturated carbocycles. The number of carbonyl (C=O) groups excluding carboxylic acids is 3. The van der Waals surface area contributed by atoms with Crippen LogP contribution in [0.1, 0.15) is 40.0 Å². The summed E-state index contributed by atoms with van der Waals surface area (Å²) in [4.78, 5) is 36.7. The Hall–Kier alpha value is -1.70. The van der Waals surface area contributed by atoms with Crippen LogP contribution < -0.4 is 10.6 Å². The van der Waals surface area contributed by atoms with Gasteiger partial charge < -0.3 is 25.0 Å². The Labute approximate surface area is 153 Å². The number of nitrogens with zero attached hydrogens (tertiary/aromatic N) is 1. The van der Waals surface area contributed by atoms with E-state index in [-0.39, 0.29) is 43.5 Å². The van der Waals surface area contributed by atoms with Crippen LogP contribution in [0.5, 0.6) is 0 Å². The lowest BCUT2D eigenvalue weighted by Gasteiger charge is -2.31. The van der Waals surface area contributed by atoms with Gasteiger partial charge in [-0.05, 0) is 33.6 Å². The number of likely N-dealkylation sites (tertiary alicyclic amines) is 1. The highest BCUT2D eigenvalue weighted by Gasteiger charge is 2.24. The van der Waals surface area contributed by atoms with Gasteiger partial charge in [0.2, 0.25) is 5.91 Å². The molecule has 1 aliphatic heterocycles. The van der Waals surface area contributed by atoms with Crippen molar-refractivity contribution in [3.05, 3.63) is 0 Å². The van der Waals surface area contributed by atoms with Crippen molar-refractivity contribution in [2.24, 2.45) is 0 Å². The number of rotatable bonds is 6. The number of amides is 3. The van der Waals surface area contributed by atoms with Crippen LogP contribution in [0.25, 0.3) is 0 Å². The summed E-state index contributed by atoms with van der Waals surface area (Å²) in [6, 6.07) is 0.0195. The average molecular weight is 378 g/mol. The summed E-state index contributed by atoms with van der Waals surface area (Å²) < 4.78 is 10.1. The zero-order valence-electron chi connectivity index (χ0n) is 15.1. The van der Waals surface area contributed by atoms with Crippen LogP contribution in [0, 0.1) is 0 Å². The molecule has 8 nitrogen and oxygen atoms in total. The van der Waals surface area contributed by atoms with Crippen molar-refractivity contribution in [2.75, 3.05) is 32.1 Å². The maximum Gasteiger partial charge on any atom is 0.409 e. The van der Waals surface area contributed by atoms with Crippen molar-refractivity contribution in [3.8, 4) is 0 Å². The second-order valence-electron chi connectivity index (χ2n) is 6.81. The highest BCUT2D eigenvalue weighted by Crippen LogP contribution is 2.12. The first kappa shape index (κ1) is 21.3. The fourth-order valence-corrected chi connectivity index (χ4v) is 2.39. The normalized spacial score (nSPS) is 15.4. The molecule has 0 spiro atoms. The minimum absolute atomic E-state index is 0.0195. The first-order valence-corrected chi connectivity index (χ1v) is 8.98. The molecule has 0 aliphatic carbocycles. The van der Waals surface area contributed by atoms with Gasteiger partial charge in [0.15, 0.2) is 0 Å². The third-order valence-electron chi connectivity index (χ3n) is 3.44. The van der Waals surface area contributed by atoms with Crippen LogP contribution in [-0.4, -0.2) is 66.8 Å². The van der Waals surface area contributed by atoms with E-state index in [0.29, 0.717) is 25.9 Å². The molecule has 2 N–H and O–H groups in total. The largest absolute Gasteiger partial charge is 0.448 e. The zero-order valence-corrected chi connectivity index (χ0v) is 15.9. The van der Waals surface area contributed by atoms with E-state index in [4.69, 9.17) is 21.1 Å². The summed E-state index contributed by atoms with van der Waals surface area (Å²) in [5, 5.41) is 5.46. The quantitative estimate of drug-likeness (QED) is 0.688. The van der Waals surface area contributed by atoms with Gasteiger partial charge >= 0.3 is 12.2 Å². The van der Waals surface area contributed by atoms with Gasteiger partial charge in [-0.15, -0.1) is 11.6 Å². The van der Waals surface area contributed by atoms with Gasteiger partial charge in [-0.1, -0.05) is 0 Å². The first-order valence-electron chi connectivity index (χ1n) is 8.45. The number of alkyl halides is 1. The van der Waals surface area contributed by atoms with E-state index in [1.165, 1.54) is 0 Å². The molecule has 25 heavy (non-hydrogen) atoms. The minimum Gasteiger partial charge on any atom is -0.448 e. The molecular weight excluding hydrogens is 350 g/mol. The number of halogens is 1. The molecular formula is C16H28ClN3O5. The fourth-order valence-electron chi connectivity index (χ4n) is 2.32. The zero-order chi connectivity index (χ0) is 18.9. The Kier molecular flexibility index (Phi) is 8.82. The molecule has 0 radical (unpaired) electrons.